The molecule has 4 atom stereocenters. The van der Waals surface area contributed by atoms with Crippen LogP contribution in [0.25, 0.3) is 0 Å². The maximum absolute atomic E-state index is 10.9. The van der Waals surface area contributed by atoms with Gasteiger partial charge in [-0.1, -0.05) is 61.5 Å². The highest BCUT2D eigenvalue weighted by Gasteiger charge is 2.44. The molecule has 6 nitrogen and oxygen atoms in total. The van der Waals surface area contributed by atoms with Gasteiger partial charge in [0.15, 0.2) is 0 Å². The lowest BCUT2D eigenvalue weighted by molar-refractivity contribution is -0.0745. The monoisotopic (exact) mass is 475 g/mol. The van der Waals surface area contributed by atoms with Gasteiger partial charge in [0, 0.05) is 5.92 Å². The van der Waals surface area contributed by atoms with E-state index in [9.17, 15) is 5.11 Å². The third-order valence-electron chi connectivity index (χ3n) is 6.90. The number of aliphatic hydroxyl groups excluding tert-OH is 1. The summed E-state index contributed by atoms with van der Waals surface area (Å²) in [6, 6.07) is 25.9. The van der Waals surface area contributed by atoms with E-state index in [1.165, 1.54) is 0 Å². The maximum Gasteiger partial charge on any atom is 0.234 e. The van der Waals surface area contributed by atoms with E-state index in [1.807, 2.05) is 80.7 Å². The second-order valence-corrected chi connectivity index (χ2v) is 8.94. The van der Waals surface area contributed by atoms with Gasteiger partial charge in [0.25, 0.3) is 0 Å². The molecular formula is C28H34BNO5. The fraction of sp³-hybridized carbons (Fsp3) is 0.357. The van der Waals surface area contributed by atoms with Gasteiger partial charge in [-0.2, -0.15) is 0 Å². The number of hydrogen-bond acceptors (Lipinski definition) is 6. The quantitative estimate of drug-likeness (QED) is 0.347. The summed E-state index contributed by atoms with van der Waals surface area (Å²) in [6.07, 6.45) is -1.06. The van der Waals surface area contributed by atoms with Gasteiger partial charge in [0.2, 0.25) is 7.41 Å². The molecule has 0 bridgehead atoms. The largest absolute Gasteiger partial charge is 0.497 e. The van der Waals surface area contributed by atoms with Crippen molar-refractivity contribution in [2.24, 2.45) is 5.92 Å². The molecule has 3 aromatic rings. The van der Waals surface area contributed by atoms with Crippen molar-refractivity contribution in [3.63, 3.8) is 0 Å². The van der Waals surface area contributed by atoms with Gasteiger partial charge in [-0.15, -0.1) is 0 Å². The van der Waals surface area contributed by atoms with Crippen LogP contribution in [0.5, 0.6) is 11.5 Å². The number of benzene rings is 3. The number of methoxy groups -OCH3 is 2. The van der Waals surface area contributed by atoms with Gasteiger partial charge < -0.3 is 29.3 Å². The Labute approximate surface area is 208 Å². The minimum atomic E-state index is -0.937. The van der Waals surface area contributed by atoms with E-state index in [4.69, 9.17) is 18.9 Å². The summed E-state index contributed by atoms with van der Waals surface area (Å²) in [4.78, 5) is 0. The number of hydrogen-bond donors (Lipinski definition) is 2. The Kier molecular flexibility index (Phi) is 8.13. The first-order chi connectivity index (χ1) is 17.0. The zero-order valence-corrected chi connectivity index (χ0v) is 20.8. The van der Waals surface area contributed by atoms with Crippen LogP contribution >= 0.6 is 0 Å². The van der Waals surface area contributed by atoms with Crippen molar-refractivity contribution in [1.82, 2.24) is 5.23 Å². The summed E-state index contributed by atoms with van der Waals surface area (Å²) in [5.74, 6) is 1.54. The van der Waals surface area contributed by atoms with E-state index in [1.54, 1.807) is 14.2 Å². The first-order valence-corrected chi connectivity index (χ1v) is 12.0. The van der Waals surface area contributed by atoms with E-state index in [0.717, 1.165) is 28.2 Å². The molecule has 1 unspecified atom stereocenters. The van der Waals surface area contributed by atoms with Crippen LogP contribution in [0, 0.1) is 5.92 Å². The number of rotatable bonds is 10. The maximum atomic E-state index is 10.9. The molecular weight excluding hydrogens is 441 g/mol. The predicted octanol–water partition coefficient (Wildman–Crippen LogP) is 3.31. The topological polar surface area (TPSA) is 69.2 Å². The molecule has 0 aromatic heterocycles. The van der Waals surface area contributed by atoms with Gasteiger partial charge in [0.1, 0.15) is 23.2 Å². The third-order valence-corrected chi connectivity index (χ3v) is 6.90. The fourth-order valence-corrected chi connectivity index (χ4v) is 4.84. The highest BCUT2D eigenvalue weighted by Crippen LogP contribution is 2.42. The van der Waals surface area contributed by atoms with Gasteiger partial charge in [0.05, 0.1) is 32.9 Å². The average molecular weight is 475 g/mol. The molecule has 7 heteroatoms. The summed E-state index contributed by atoms with van der Waals surface area (Å²) in [6.45, 7) is 2.24. The van der Waals surface area contributed by atoms with E-state index >= 15 is 0 Å². The van der Waals surface area contributed by atoms with E-state index < -0.39 is 17.8 Å². The predicted molar refractivity (Wildman–Crippen MR) is 138 cm³/mol. The number of ether oxygens (including phenoxy) is 4. The SMILES string of the molecule is CNB[C@@H]1O[C@H](COC(c2ccccc2)(c2ccc(OC)cc2)c2ccc(OC)cc2)[C@H](O)C1C. The second-order valence-electron chi connectivity index (χ2n) is 8.94. The van der Waals surface area contributed by atoms with Crippen molar-refractivity contribution >= 4 is 7.41 Å². The van der Waals surface area contributed by atoms with Crippen molar-refractivity contribution in [3.05, 3.63) is 95.6 Å². The lowest BCUT2D eigenvalue weighted by Gasteiger charge is -2.37. The molecule has 1 fully saturated rings. The van der Waals surface area contributed by atoms with Crippen molar-refractivity contribution < 1.29 is 24.1 Å². The first-order valence-electron chi connectivity index (χ1n) is 12.0. The summed E-state index contributed by atoms with van der Waals surface area (Å²) < 4.78 is 23.9. The summed E-state index contributed by atoms with van der Waals surface area (Å²) in [7, 11) is 5.87. The minimum absolute atomic E-state index is 0.00384. The highest BCUT2D eigenvalue weighted by molar-refractivity contribution is 6.34. The van der Waals surface area contributed by atoms with Crippen molar-refractivity contribution in [2.45, 2.75) is 30.7 Å². The molecule has 0 amide bonds. The Morgan fingerprint density at radius 2 is 1.37 bits per heavy atom. The van der Waals surface area contributed by atoms with E-state index in [-0.39, 0.29) is 18.5 Å². The molecule has 0 radical (unpaired) electrons. The lowest BCUT2D eigenvalue weighted by Crippen LogP contribution is -2.38. The Hall–Kier alpha value is -2.84. The molecule has 2 N–H and O–H groups in total. The molecule has 0 saturated carbocycles. The summed E-state index contributed by atoms with van der Waals surface area (Å²) in [5, 5.41) is 14.1. The van der Waals surface area contributed by atoms with Crippen LogP contribution in [0.15, 0.2) is 78.9 Å². The first kappa shape index (κ1) is 25.3. The van der Waals surface area contributed by atoms with E-state index in [2.05, 4.69) is 17.4 Å². The molecule has 35 heavy (non-hydrogen) atoms. The molecule has 4 rings (SSSR count). The molecule has 184 valence electrons. The average Bonchev–Trinajstić information content (AvgIpc) is 3.18. The Balaban J connectivity index is 1.79. The van der Waals surface area contributed by atoms with Gasteiger partial charge in [-0.25, -0.2) is 0 Å². The van der Waals surface area contributed by atoms with Gasteiger partial charge >= 0.3 is 0 Å². The van der Waals surface area contributed by atoms with Crippen LogP contribution in [0.4, 0.5) is 0 Å². The molecule has 1 aliphatic rings. The van der Waals surface area contributed by atoms with Crippen LogP contribution in [-0.2, 0) is 15.1 Å². The van der Waals surface area contributed by atoms with Crippen molar-refractivity contribution in [2.75, 3.05) is 27.9 Å². The van der Waals surface area contributed by atoms with Crippen LogP contribution in [-0.4, -0.2) is 58.6 Å². The van der Waals surface area contributed by atoms with Crippen molar-refractivity contribution in [3.8, 4) is 11.5 Å². The Bertz CT molecular complexity index is 1010. The van der Waals surface area contributed by atoms with Gasteiger partial charge in [-0.05, 0) is 48.0 Å². The summed E-state index contributed by atoms with van der Waals surface area (Å²) in [5.41, 5.74) is 1.93. The smallest absolute Gasteiger partial charge is 0.234 e. The van der Waals surface area contributed by atoms with Crippen LogP contribution < -0.4 is 14.7 Å². The second kappa shape index (κ2) is 11.3. The molecule has 1 saturated heterocycles. The highest BCUT2D eigenvalue weighted by atomic mass is 16.6. The number of aliphatic hydroxyl groups is 1. The van der Waals surface area contributed by atoms with E-state index in [0.29, 0.717) is 7.41 Å². The zero-order chi connectivity index (χ0) is 24.8. The third kappa shape index (κ3) is 5.09. The summed E-state index contributed by atoms with van der Waals surface area (Å²) >= 11 is 0. The van der Waals surface area contributed by atoms with Crippen LogP contribution in [0.3, 0.4) is 0 Å². The van der Waals surface area contributed by atoms with Crippen LogP contribution in [0.2, 0.25) is 0 Å². The Morgan fingerprint density at radius 1 is 0.857 bits per heavy atom. The molecule has 1 heterocycles. The standard InChI is InChI=1S/C28H34BNO5/c1-19-26(31)25(35-27(19)29-30-2)18-34-28(20-8-6-5-7-9-20,21-10-14-23(32-3)15-11-21)22-12-16-24(33-4)17-13-22/h5-17,19,25-27,29-31H,18H2,1-4H3/t19?,25-,26-,27-/m1/s1. The zero-order valence-electron chi connectivity index (χ0n) is 20.8. The van der Waals surface area contributed by atoms with Crippen LogP contribution in [0.1, 0.15) is 23.6 Å². The molecule has 3 aromatic carbocycles. The molecule has 0 aliphatic carbocycles. The number of nitrogens with one attached hydrogen (secondary N) is 1. The Morgan fingerprint density at radius 3 is 1.86 bits per heavy atom. The van der Waals surface area contributed by atoms with Crippen molar-refractivity contribution in [1.29, 1.82) is 0 Å². The normalized spacial score (nSPS) is 22.1. The molecule has 1 aliphatic heterocycles. The fourth-order valence-electron chi connectivity index (χ4n) is 4.84. The molecule has 0 spiro atoms. The van der Waals surface area contributed by atoms with Gasteiger partial charge in [-0.3, -0.25) is 0 Å². The lowest BCUT2D eigenvalue weighted by atomic mass is 9.77. The minimum Gasteiger partial charge on any atom is -0.497 e.